The van der Waals surface area contributed by atoms with E-state index in [1.165, 1.54) is 17.7 Å². The minimum absolute atomic E-state index is 0.0274. The number of carbonyl (C=O) groups is 1. The summed E-state index contributed by atoms with van der Waals surface area (Å²) >= 11 is 0. The van der Waals surface area contributed by atoms with Crippen LogP contribution in [0.15, 0.2) is 59.5 Å². The van der Waals surface area contributed by atoms with E-state index in [-0.39, 0.29) is 35.7 Å². The summed E-state index contributed by atoms with van der Waals surface area (Å²) < 4.78 is 41.3. The summed E-state index contributed by atoms with van der Waals surface area (Å²) in [6.45, 7) is 2.53. The molecule has 166 valence electrons. The van der Waals surface area contributed by atoms with E-state index in [9.17, 15) is 13.2 Å². The van der Waals surface area contributed by atoms with Crippen molar-refractivity contribution in [1.82, 2.24) is 10.6 Å². The third kappa shape index (κ3) is 4.53. The number of hydrogen-bond acceptors (Lipinski definition) is 4. The second-order valence-electron chi connectivity index (χ2n) is 8.79. The predicted octanol–water partition coefficient (Wildman–Crippen LogP) is 3.64. The number of sulfone groups is 1. The summed E-state index contributed by atoms with van der Waals surface area (Å²) in [5, 5.41) is 4.00. The predicted molar refractivity (Wildman–Crippen MR) is 118 cm³/mol. The maximum absolute atomic E-state index is 15.5. The van der Waals surface area contributed by atoms with Gasteiger partial charge in [-0.3, -0.25) is 4.79 Å². The molecule has 1 saturated carbocycles. The molecule has 1 amide bonds. The number of hydrogen-bond donors (Lipinski definition) is 2. The monoisotopic (exact) mass is 444 g/mol. The molecule has 0 aromatic heterocycles. The van der Waals surface area contributed by atoms with Gasteiger partial charge in [-0.05, 0) is 68.2 Å². The van der Waals surface area contributed by atoms with Gasteiger partial charge in [0.1, 0.15) is 0 Å². The number of benzene rings is 2. The number of nitrogens with one attached hydrogen (secondary N) is 2. The number of carbonyl (C=O) groups excluding carboxylic acids is 1. The van der Waals surface area contributed by atoms with Crippen molar-refractivity contribution in [2.24, 2.45) is 0 Å². The Hall–Kier alpha value is -2.25. The highest BCUT2D eigenvalue weighted by Gasteiger charge is 2.48. The molecule has 1 aliphatic heterocycles. The van der Waals surface area contributed by atoms with Gasteiger partial charge in [0, 0.05) is 12.6 Å². The van der Waals surface area contributed by atoms with E-state index in [1.807, 2.05) is 18.2 Å². The fraction of sp³-hybridized carbons (Fsp3) is 0.458. The van der Waals surface area contributed by atoms with Crippen molar-refractivity contribution in [1.29, 1.82) is 0 Å². The number of aryl methyl sites for hydroxylation is 1. The van der Waals surface area contributed by atoms with Crippen LogP contribution in [0, 0.1) is 6.92 Å². The Morgan fingerprint density at radius 2 is 1.81 bits per heavy atom. The van der Waals surface area contributed by atoms with Crippen molar-refractivity contribution in [2.45, 2.75) is 66.9 Å². The minimum Gasteiger partial charge on any atom is -0.352 e. The molecular formula is C24H29FN2O3S. The maximum atomic E-state index is 15.5. The molecule has 0 bridgehead atoms. The smallest absolute Gasteiger partial charge is 0.237 e. The maximum Gasteiger partial charge on any atom is 0.237 e. The highest BCUT2D eigenvalue weighted by atomic mass is 32.2. The van der Waals surface area contributed by atoms with Gasteiger partial charge < -0.3 is 10.6 Å². The summed E-state index contributed by atoms with van der Waals surface area (Å²) in [5.74, 6) is 0.206. The van der Waals surface area contributed by atoms with Crippen molar-refractivity contribution >= 4 is 15.7 Å². The third-order valence-corrected chi connectivity index (χ3v) is 8.82. The number of amides is 1. The number of halogens is 1. The van der Waals surface area contributed by atoms with Crippen LogP contribution in [-0.4, -0.2) is 38.0 Å². The molecule has 2 aliphatic rings. The van der Waals surface area contributed by atoms with Gasteiger partial charge in [0.25, 0.3) is 0 Å². The second-order valence-corrected chi connectivity index (χ2v) is 11.0. The van der Waals surface area contributed by atoms with E-state index in [4.69, 9.17) is 0 Å². The molecule has 1 aliphatic carbocycles. The van der Waals surface area contributed by atoms with Crippen LogP contribution < -0.4 is 10.6 Å². The summed E-state index contributed by atoms with van der Waals surface area (Å²) in [4.78, 5) is 12.7. The highest BCUT2D eigenvalue weighted by molar-refractivity contribution is 7.92. The van der Waals surface area contributed by atoms with Crippen LogP contribution in [0.1, 0.15) is 49.1 Å². The molecule has 2 aromatic rings. The number of rotatable bonds is 5. The van der Waals surface area contributed by atoms with Crippen LogP contribution in [0.3, 0.4) is 0 Å². The Morgan fingerprint density at radius 3 is 2.48 bits per heavy atom. The first-order chi connectivity index (χ1) is 14.8. The van der Waals surface area contributed by atoms with Crippen LogP contribution in [0.2, 0.25) is 0 Å². The lowest BCUT2D eigenvalue weighted by Crippen LogP contribution is -2.49. The SMILES string of the molecule is Cc1cccc(S(=O)(=O)[C@]2(F)CC[C@H](NC(=O)[C@@H]3C[C@@H](c4ccccc4)CN3)CC2)c1. The van der Waals surface area contributed by atoms with Crippen LogP contribution in [0.25, 0.3) is 0 Å². The summed E-state index contributed by atoms with van der Waals surface area (Å²) in [5.41, 5.74) is 2.00. The molecule has 0 radical (unpaired) electrons. The van der Waals surface area contributed by atoms with Gasteiger partial charge in [-0.25, -0.2) is 12.8 Å². The van der Waals surface area contributed by atoms with Crippen molar-refractivity contribution in [3.63, 3.8) is 0 Å². The lowest BCUT2D eigenvalue weighted by molar-refractivity contribution is -0.123. The van der Waals surface area contributed by atoms with E-state index in [0.717, 1.165) is 18.5 Å². The van der Waals surface area contributed by atoms with Gasteiger partial charge in [-0.1, -0.05) is 42.5 Å². The van der Waals surface area contributed by atoms with E-state index in [0.29, 0.717) is 18.8 Å². The Morgan fingerprint density at radius 1 is 1.10 bits per heavy atom. The quantitative estimate of drug-likeness (QED) is 0.738. The summed E-state index contributed by atoms with van der Waals surface area (Å²) in [7, 11) is -4.08. The molecule has 1 saturated heterocycles. The molecule has 0 unspecified atom stereocenters. The molecule has 0 spiro atoms. The Labute approximate surface area is 183 Å². The lowest BCUT2D eigenvalue weighted by Gasteiger charge is -2.34. The molecule has 31 heavy (non-hydrogen) atoms. The molecule has 2 atom stereocenters. The largest absolute Gasteiger partial charge is 0.352 e. The molecule has 2 fully saturated rings. The fourth-order valence-electron chi connectivity index (χ4n) is 4.67. The topological polar surface area (TPSA) is 75.3 Å². The molecular weight excluding hydrogens is 415 g/mol. The molecule has 7 heteroatoms. The van der Waals surface area contributed by atoms with Gasteiger partial charge in [0.15, 0.2) is 0 Å². The highest BCUT2D eigenvalue weighted by Crippen LogP contribution is 2.40. The van der Waals surface area contributed by atoms with E-state index >= 15 is 4.39 Å². The second kappa shape index (κ2) is 8.71. The van der Waals surface area contributed by atoms with Crippen molar-refractivity contribution in [3.05, 3.63) is 65.7 Å². The van der Waals surface area contributed by atoms with Gasteiger partial charge in [0.05, 0.1) is 10.9 Å². The Kier molecular flexibility index (Phi) is 6.17. The van der Waals surface area contributed by atoms with Crippen LogP contribution in [0.5, 0.6) is 0 Å². The Balaban J connectivity index is 1.33. The Bertz CT molecular complexity index is 1030. The molecule has 1 heterocycles. The van der Waals surface area contributed by atoms with Crippen molar-refractivity contribution < 1.29 is 17.6 Å². The average molecular weight is 445 g/mol. The van der Waals surface area contributed by atoms with Crippen LogP contribution >= 0.6 is 0 Å². The summed E-state index contributed by atoms with van der Waals surface area (Å²) in [6, 6.07) is 16.0. The lowest BCUT2D eigenvalue weighted by atomic mass is 9.92. The van der Waals surface area contributed by atoms with Gasteiger partial charge >= 0.3 is 0 Å². The molecule has 2 aromatic carbocycles. The van der Waals surface area contributed by atoms with E-state index in [2.05, 4.69) is 22.8 Å². The van der Waals surface area contributed by atoms with E-state index in [1.54, 1.807) is 19.1 Å². The standard InChI is InChI=1S/C24H29FN2O3S/c1-17-6-5-9-21(14-17)31(29,30)24(25)12-10-20(11-13-24)27-23(28)22-15-19(16-26-22)18-7-3-2-4-8-18/h2-9,14,19-20,22,26H,10-13,15-16H2,1H3,(H,27,28)/t19-,20-,22+,24+/m1/s1. The number of alkyl halides is 1. The molecule has 2 N–H and O–H groups in total. The van der Waals surface area contributed by atoms with Crippen molar-refractivity contribution in [3.8, 4) is 0 Å². The minimum atomic E-state index is -4.08. The molecule has 5 nitrogen and oxygen atoms in total. The first-order valence-corrected chi connectivity index (χ1v) is 12.4. The van der Waals surface area contributed by atoms with Crippen LogP contribution in [-0.2, 0) is 14.6 Å². The third-order valence-electron chi connectivity index (χ3n) is 6.58. The first-order valence-electron chi connectivity index (χ1n) is 10.9. The van der Waals surface area contributed by atoms with Gasteiger partial charge in [-0.2, -0.15) is 0 Å². The average Bonchev–Trinajstić information content (AvgIpc) is 3.26. The summed E-state index contributed by atoms with van der Waals surface area (Å²) in [6.07, 6.45) is 1.11. The van der Waals surface area contributed by atoms with Gasteiger partial charge in [0.2, 0.25) is 20.7 Å². The fourth-order valence-corrected chi connectivity index (χ4v) is 6.47. The van der Waals surface area contributed by atoms with Crippen molar-refractivity contribution in [2.75, 3.05) is 6.54 Å². The first kappa shape index (κ1) is 22.0. The normalized spacial score (nSPS) is 28.9. The van der Waals surface area contributed by atoms with Crippen LogP contribution in [0.4, 0.5) is 4.39 Å². The zero-order valence-corrected chi connectivity index (χ0v) is 18.5. The zero-order valence-electron chi connectivity index (χ0n) is 17.7. The van der Waals surface area contributed by atoms with Gasteiger partial charge in [-0.15, -0.1) is 0 Å². The molecule has 4 rings (SSSR count). The zero-order chi connectivity index (χ0) is 22.1. The van der Waals surface area contributed by atoms with E-state index < -0.39 is 14.8 Å².